The van der Waals surface area contributed by atoms with Gasteiger partial charge in [-0.25, -0.2) is 0 Å². The summed E-state index contributed by atoms with van der Waals surface area (Å²) in [6.45, 7) is 6.49. The zero-order chi connectivity index (χ0) is 29.0. The largest absolute Gasteiger partial charge is 0.419 e. The second-order valence-corrected chi connectivity index (χ2v) is 14.5. The topological polar surface area (TPSA) is 12.9 Å². The maximum absolute atomic E-state index is 14.3. The van der Waals surface area contributed by atoms with E-state index < -0.39 is 11.7 Å². The SMILES string of the molecule is CC(C)(C)c1cc(-c2ncc(C(F)(F)F)c3sc(-c4cc5c6c(c4)=CCC4=CC=CC(S5)C=64)cc23)cc2ccccc12. The number of pyridine rings is 1. The summed E-state index contributed by atoms with van der Waals surface area (Å²) < 4.78 is 43.2. The number of hydrogen-bond acceptors (Lipinski definition) is 3. The molecule has 2 aromatic heterocycles. The highest BCUT2D eigenvalue weighted by Crippen LogP contribution is 2.47. The summed E-state index contributed by atoms with van der Waals surface area (Å²) >= 11 is 3.05. The normalized spacial score (nSPS) is 17.5. The van der Waals surface area contributed by atoms with E-state index in [0.29, 0.717) is 16.3 Å². The molecule has 3 heterocycles. The fourth-order valence-corrected chi connectivity index (χ4v) is 9.11. The second-order valence-electron chi connectivity index (χ2n) is 12.2. The molecule has 0 amide bonds. The molecule has 2 aliphatic carbocycles. The van der Waals surface area contributed by atoms with Crippen LogP contribution in [0.2, 0.25) is 0 Å². The number of halogens is 3. The van der Waals surface area contributed by atoms with E-state index in [9.17, 15) is 13.2 Å². The number of rotatable bonds is 2. The first-order valence-corrected chi connectivity index (χ1v) is 15.7. The molecule has 0 saturated heterocycles. The highest BCUT2D eigenvalue weighted by molar-refractivity contribution is 8.00. The van der Waals surface area contributed by atoms with Crippen LogP contribution in [0.15, 0.2) is 89.5 Å². The van der Waals surface area contributed by atoms with Crippen molar-refractivity contribution in [3.63, 3.8) is 0 Å². The van der Waals surface area contributed by atoms with Gasteiger partial charge in [0.25, 0.3) is 0 Å². The summed E-state index contributed by atoms with van der Waals surface area (Å²) in [5, 5.41) is 5.52. The molecule has 0 spiro atoms. The van der Waals surface area contributed by atoms with Crippen LogP contribution in [0.1, 0.15) is 38.3 Å². The van der Waals surface area contributed by atoms with Gasteiger partial charge in [0, 0.05) is 26.9 Å². The van der Waals surface area contributed by atoms with Crippen molar-refractivity contribution in [3.8, 4) is 21.7 Å². The first-order valence-electron chi connectivity index (χ1n) is 14.0. The Hall–Kier alpha value is -3.61. The molecule has 0 radical (unpaired) electrons. The van der Waals surface area contributed by atoms with Crippen molar-refractivity contribution in [1.29, 1.82) is 0 Å². The molecule has 0 bridgehead atoms. The highest BCUT2D eigenvalue weighted by Gasteiger charge is 2.35. The van der Waals surface area contributed by atoms with E-state index in [-0.39, 0.29) is 10.1 Å². The van der Waals surface area contributed by atoms with Gasteiger partial charge in [-0.2, -0.15) is 13.2 Å². The Kier molecular flexibility index (Phi) is 5.55. The van der Waals surface area contributed by atoms with Gasteiger partial charge in [0.05, 0.1) is 21.2 Å². The lowest BCUT2D eigenvalue weighted by molar-refractivity contribution is -0.136. The third-order valence-corrected chi connectivity index (χ3v) is 10.9. The molecule has 3 aromatic carbocycles. The van der Waals surface area contributed by atoms with Gasteiger partial charge < -0.3 is 0 Å². The number of thiophene rings is 1. The zero-order valence-corrected chi connectivity index (χ0v) is 24.9. The zero-order valence-electron chi connectivity index (χ0n) is 23.3. The average molecular weight is 594 g/mol. The highest BCUT2D eigenvalue weighted by atomic mass is 32.2. The fraction of sp³-hybridized carbons (Fsp3) is 0.194. The third kappa shape index (κ3) is 3.95. The molecule has 208 valence electrons. The number of benzene rings is 3. The van der Waals surface area contributed by atoms with Crippen molar-refractivity contribution in [1.82, 2.24) is 4.98 Å². The van der Waals surface area contributed by atoms with Crippen LogP contribution in [0.3, 0.4) is 0 Å². The lowest BCUT2D eigenvalue weighted by Gasteiger charge is -2.23. The molecule has 5 aromatic rings. The Balaban J connectivity index is 1.37. The van der Waals surface area contributed by atoms with Crippen LogP contribution < -0.4 is 10.4 Å². The molecule has 1 atom stereocenters. The number of nitrogens with zero attached hydrogens (tertiary/aromatic N) is 1. The van der Waals surface area contributed by atoms with Crippen LogP contribution in [0.5, 0.6) is 0 Å². The quantitative estimate of drug-likeness (QED) is 0.202. The van der Waals surface area contributed by atoms with E-state index in [0.717, 1.165) is 45.0 Å². The summed E-state index contributed by atoms with van der Waals surface area (Å²) in [4.78, 5) is 6.51. The molecule has 42 heavy (non-hydrogen) atoms. The van der Waals surface area contributed by atoms with Gasteiger partial charge in [-0.3, -0.25) is 4.98 Å². The van der Waals surface area contributed by atoms with Crippen LogP contribution in [0, 0.1) is 0 Å². The van der Waals surface area contributed by atoms with Crippen molar-refractivity contribution in [3.05, 3.63) is 106 Å². The Morgan fingerprint density at radius 3 is 2.55 bits per heavy atom. The average Bonchev–Trinajstić information content (AvgIpc) is 3.56. The maximum Gasteiger partial charge on any atom is 0.419 e. The van der Waals surface area contributed by atoms with Gasteiger partial charge in [-0.1, -0.05) is 69.3 Å². The van der Waals surface area contributed by atoms with E-state index in [4.69, 9.17) is 0 Å². The second kappa shape index (κ2) is 8.95. The summed E-state index contributed by atoms with van der Waals surface area (Å²) in [6, 6.07) is 18.6. The first-order chi connectivity index (χ1) is 20.1. The van der Waals surface area contributed by atoms with Gasteiger partial charge in [-0.05, 0) is 85.7 Å². The molecule has 1 aliphatic heterocycles. The number of thioether (sulfide) groups is 1. The number of aromatic nitrogens is 1. The van der Waals surface area contributed by atoms with Crippen molar-refractivity contribution >= 4 is 55.6 Å². The Morgan fingerprint density at radius 1 is 0.905 bits per heavy atom. The van der Waals surface area contributed by atoms with Crippen molar-refractivity contribution in [2.45, 2.75) is 48.9 Å². The molecule has 3 aliphatic rings. The van der Waals surface area contributed by atoms with E-state index in [1.54, 1.807) is 0 Å². The van der Waals surface area contributed by atoms with Gasteiger partial charge in [0.15, 0.2) is 0 Å². The van der Waals surface area contributed by atoms with Gasteiger partial charge in [-0.15, -0.1) is 23.1 Å². The molecule has 8 rings (SSSR count). The molecule has 1 nitrogen and oxygen atoms in total. The lowest BCUT2D eigenvalue weighted by Crippen LogP contribution is -2.31. The van der Waals surface area contributed by atoms with E-state index in [2.05, 4.69) is 86.5 Å². The van der Waals surface area contributed by atoms with E-state index in [1.807, 2.05) is 30.0 Å². The summed E-state index contributed by atoms with van der Waals surface area (Å²) in [6.07, 6.45) is 6.22. The molecule has 0 saturated carbocycles. The number of allylic oxidation sites excluding steroid dienone is 3. The van der Waals surface area contributed by atoms with Gasteiger partial charge >= 0.3 is 6.18 Å². The fourth-order valence-electron chi connectivity index (χ4n) is 6.56. The molecular weight excluding hydrogens is 568 g/mol. The number of fused-ring (bicyclic) bond motifs is 2. The van der Waals surface area contributed by atoms with Crippen LogP contribution in [0.25, 0.3) is 54.2 Å². The van der Waals surface area contributed by atoms with Crippen molar-refractivity contribution < 1.29 is 13.2 Å². The molecule has 0 fully saturated rings. The summed E-state index contributed by atoms with van der Waals surface area (Å²) in [7, 11) is 0. The Bertz CT molecular complexity index is 2170. The monoisotopic (exact) mass is 593 g/mol. The molecular formula is C36H26F3NS2. The van der Waals surface area contributed by atoms with Crippen molar-refractivity contribution in [2.75, 3.05) is 0 Å². The van der Waals surface area contributed by atoms with E-state index in [1.165, 1.54) is 37.8 Å². The predicted octanol–water partition coefficient (Wildman–Crippen LogP) is 9.41. The molecule has 1 unspecified atom stereocenters. The third-order valence-electron chi connectivity index (χ3n) is 8.50. The van der Waals surface area contributed by atoms with Crippen LogP contribution in [-0.4, -0.2) is 10.2 Å². The standard InChI is InChI=1S/C36H26F3NS2/c1-35(2,3)26-15-23(13-20-7-4-5-9-24(20)26)33-25-17-29(42-34(25)27(18-40-33)36(37,38)39)22-14-21-12-11-19-8-6-10-28-31(19)32(21)30(16-22)41-28/h4-10,12-18,28H,11H2,1-3H3. The van der Waals surface area contributed by atoms with Crippen LogP contribution in [0.4, 0.5) is 13.2 Å². The van der Waals surface area contributed by atoms with Crippen LogP contribution in [-0.2, 0) is 11.6 Å². The summed E-state index contributed by atoms with van der Waals surface area (Å²) in [5.41, 5.74) is 5.45. The minimum Gasteiger partial charge on any atom is -0.255 e. The van der Waals surface area contributed by atoms with Crippen molar-refractivity contribution in [2.24, 2.45) is 0 Å². The molecule has 6 heteroatoms. The van der Waals surface area contributed by atoms with Gasteiger partial charge in [0.1, 0.15) is 0 Å². The molecule has 0 N–H and O–H groups in total. The smallest absolute Gasteiger partial charge is 0.255 e. The Labute approximate surface area is 249 Å². The van der Waals surface area contributed by atoms with E-state index >= 15 is 0 Å². The summed E-state index contributed by atoms with van der Waals surface area (Å²) in [5.74, 6) is 0. The minimum absolute atomic E-state index is 0.153. The first kappa shape index (κ1) is 26.1. The minimum atomic E-state index is -4.50. The Morgan fingerprint density at radius 2 is 1.74 bits per heavy atom. The predicted molar refractivity (Wildman–Crippen MR) is 170 cm³/mol. The maximum atomic E-state index is 14.3. The number of hydrogen-bond donors (Lipinski definition) is 0. The van der Waals surface area contributed by atoms with Gasteiger partial charge in [0.2, 0.25) is 0 Å². The number of alkyl halides is 3. The van der Waals surface area contributed by atoms with Crippen LogP contribution >= 0.6 is 23.1 Å². The lowest BCUT2D eigenvalue weighted by atomic mass is 9.82.